The van der Waals surface area contributed by atoms with E-state index in [4.69, 9.17) is 0 Å². The molecule has 0 bridgehead atoms. The average molecular weight is 361 g/mol. The third-order valence-corrected chi connectivity index (χ3v) is 5.32. The molecule has 1 aromatic heterocycles. The third kappa shape index (κ3) is 3.51. The number of benzene rings is 1. The normalized spacial score (nSPS) is 19.2. The molecule has 1 aromatic carbocycles. The van der Waals surface area contributed by atoms with E-state index in [-0.39, 0.29) is 29.4 Å². The number of rotatable bonds is 5. The molecule has 1 unspecified atom stereocenters. The van der Waals surface area contributed by atoms with E-state index < -0.39 is 4.92 Å². The van der Waals surface area contributed by atoms with Gasteiger partial charge in [-0.3, -0.25) is 10.1 Å². The monoisotopic (exact) mass is 361 g/mol. The molecule has 2 heterocycles. The molecule has 1 atom stereocenters. The Morgan fingerprint density at radius 3 is 2.88 bits per heavy atom. The van der Waals surface area contributed by atoms with Crippen LogP contribution in [-0.2, 0) is 0 Å². The summed E-state index contributed by atoms with van der Waals surface area (Å²) in [6, 6.07) is 4.87. The highest BCUT2D eigenvalue weighted by Crippen LogP contribution is 2.38. The molecule has 2 aliphatic rings. The Morgan fingerprint density at radius 2 is 2.12 bits per heavy atom. The summed E-state index contributed by atoms with van der Waals surface area (Å²) in [4.78, 5) is 20.0. The molecule has 1 aliphatic heterocycles. The lowest BCUT2D eigenvalue weighted by Crippen LogP contribution is -2.18. The Balaban J connectivity index is 1.61. The molecule has 9 heteroatoms. The lowest BCUT2D eigenvalue weighted by molar-refractivity contribution is -0.384. The molecule has 1 fully saturated rings. The predicted molar refractivity (Wildman–Crippen MR) is 93.4 cm³/mol. The number of halogens is 1. The second kappa shape index (κ2) is 6.47. The maximum Gasteiger partial charge on any atom is 0.329 e. The van der Waals surface area contributed by atoms with Crippen molar-refractivity contribution in [2.45, 2.75) is 36.2 Å². The highest BCUT2D eigenvalue weighted by Gasteiger charge is 2.27. The number of thioether (sulfide) groups is 1. The summed E-state index contributed by atoms with van der Waals surface area (Å²) in [6.45, 7) is 0. The number of nitro groups is 1. The standard InChI is InChI=1S/C16H16FN5O2S/c17-9-1-4-14-11(7-9)12(5-6-25-14)20-16-18-8-13(22(23)24)15(21-16)19-10-2-3-10/h1,4,7-8,10,12H,2-3,5-6H2,(H2,18,19,20,21). The quantitative estimate of drug-likeness (QED) is 0.619. The smallest absolute Gasteiger partial charge is 0.329 e. The highest BCUT2D eigenvalue weighted by molar-refractivity contribution is 7.99. The topological polar surface area (TPSA) is 93.0 Å². The third-order valence-electron chi connectivity index (χ3n) is 4.20. The Kier molecular flexibility index (Phi) is 4.16. The Hall–Kier alpha value is -2.42. The summed E-state index contributed by atoms with van der Waals surface area (Å²) in [5.41, 5.74) is 0.734. The molecule has 0 radical (unpaired) electrons. The minimum atomic E-state index is -0.490. The molecule has 1 saturated carbocycles. The van der Waals surface area contributed by atoms with E-state index in [1.165, 1.54) is 18.3 Å². The van der Waals surface area contributed by atoms with Crippen molar-refractivity contribution in [3.63, 3.8) is 0 Å². The lowest BCUT2D eigenvalue weighted by atomic mass is 10.0. The van der Waals surface area contributed by atoms with Crippen molar-refractivity contribution in [3.05, 3.63) is 45.9 Å². The minimum Gasteiger partial charge on any atom is -0.361 e. The van der Waals surface area contributed by atoms with Crippen molar-refractivity contribution in [3.8, 4) is 0 Å². The number of fused-ring (bicyclic) bond motifs is 1. The number of aromatic nitrogens is 2. The van der Waals surface area contributed by atoms with E-state index in [9.17, 15) is 14.5 Å². The van der Waals surface area contributed by atoms with Crippen LogP contribution in [0.4, 0.5) is 21.8 Å². The molecule has 130 valence electrons. The van der Waals surface area contributed by atoms with Crippen molar-refractivity contribution >= 4 is 29.2 Å². The SMILES string of the molecule is O=[N+]([O-])c1cnc(NC2CCSc3ccc(F)cc32)nc1NC1CC1. The Labute approximate surface area is 147 Å². The molecular formula is C16H16FN5O2S. The van der Waals surface area contributed by atoms with Crippen LogP contribution in [0.1, 0.15) is 30.9 Å². The van der Waals surface area contributed by atoms with Gasteiger partial charge in [-0.25, -0.2) is 9.37 Å². The Morgan fingerprint density at radius 1 is 1.28 bits per heavy atom. The van der Waals surface area contributed by atoms with Crippen LogP contribution in [0, 0.1) is 15.9 Å². The molecule has 4 rings (SSSR count). The van der Waals surface area contributed by atoms with Gasteiger partial charge in [-0.05, 0) is 43.0 Å². The van der Waals surface area contributed by atoms with Gasteiger partial charge in [0.1, 0.15) is 12.0 Å². The van der Waals surface area contributed by atoms with Crippen LogP contribution in [0.5, 0.6) is 0 Å². The van der Waals surface area contributed by atoms with Crippen LogP contribution >= 0.6 is 11.8 Å². The van der Waals surface area contributed by atoms with E-state index in [1.54, 1.807) is 17.8 Å². The van der Waals surface area contributed by atoms with Crippen LogP contribution in [0.15, 0.2) is 29.3 Å². The van der Waals surface area contributed by atoms with E-state index in [0.29, 0.717) is 5.95 Å². The fourth-order valence-electron chi connectivity index (χ4n) is 2.78. The number of hydrogen-bond acceptors (Lipinski definition) is 7. The zero-order valence-corrected chi connectivity index (χ0v) is 14.1. The van der Waals surface area contributed by atoms with Crippen molar-refractivity contribution in [2.75, 3.05) is 16.4 Å². The number of hydrogen-bond donors (Lipinski definition) is 2. The highest BCUT2D eigenvalue weighted by atomic mass is 32.2. The van der Waals surface area contributed by atoms with E-state index >= 15 is 0 Å². The van der Waals surface area contributed by atoms with Gasteiger partial charge in [-0.1, -0.05) is 0 Å². The zero-order chi connectivity index (χ0) is 17.4. The van der Waals surface area contributed by atoms with Crippen LogP contribution in [-0.4, -0.2) is 26.7 Å². The van der Waals surface area contributed by atoms with Gasteiger partial charge in [0.15, 0.2) is 0 Å². The number of nitrogens with one attached hydrogen (secondary N) is 2. The average Bonchev–Trinajstić information content (AvgIpc) is 3.39. The van der Waals surface area contributed by atoms with Crippen LogP contribution < -0.4 is 10.6 Å². The first-order valence-electron chi connectivity index (χ1n) is 8.07. The van der Waals surface area contributed by atoms with Crippen molar-refractivity contribution < 1.29 is 9.31 Å². The van der Waals surface area contributed by atoms with Crippen LogP contribution in [0.25, 0.3) is 0 Å². The first-order valence-corrected chi connectivity index (χ1v) is 9.05. The van der Waals surface area contributed by atoms with Gasteiger partial charge in [0.05, 0.1) is 11.0 Å². The van der Waals surface area contributed by atoms with Crippen LogP contribution in [0.3, 0.4) is 0 Å². The van der Waals surface area contributed by atoms with Gasteiger partial charge in [0, 0.05) is 16.7 Å². The van der Waals surface area contributed by atoms with Gasteiger partial charge in [0.2, 0.25) is 11.8 Å². The minimum absolute atomic E-state index is 0.123. The van der Waals surface area contributed by atoms with E-state index in [0.717, 1.165) is 35.5 Å². The molecule has 0 amide bonds. The summed E-state index contributed by atoms with van der Waals surface area (Å²) < 4.78 is 13.6. The molecule has 0 saturated heterocycles. The van der Waals surface area contributed by atoms with Gasteiger partial charge in [-0.2, -0.15) is 4.98 Å². The summed E-state index contributed by atoms with van der Waals surface area (Å²) in [7, 11) is 0. The number of anilines is 2. The second-order valence-electron chi connectivity index (χ2n) is 6.12. The van der Waals surface area contributed by atoms with Gasteiger partial charge >= 0.3 is 5.69 Å². The van der Waals surface area contributed by atoms with Crippen molar-refractivity contribution in [2.24, 2.45) is 0 Å². The van der Waals surface area contributed by atoms with E-state index in [1.807, 2.05) is 0 Å². The van der Waals surface area contributed by atoms with Crippen molar-refractivity contribution in [1.82, 2.24) is 9.97 Å². The Bertz CT molecular complexity index is 830. The van der Waals surface area contributed by atoms with Gasteiger partial charge < -0.3 is 10.6 Å². The van der Waals surface area contributed by atoms with Gasteiger partial charge in [-0.15, -0.1) is 11.8 Å². The zero-order valence-electron chi connectivity index (χ0n) is 13.2. The summed E-state index contributed by atoms with van der Waals surface area (Å²) in [6.07, 6.45) is 3.98. The first-order chi connectivity index (χ1) is 12.1. The summed E-state index contributed by atoms with van der Waals surface area (Å²) in [5, 5.41) is 17.4. The maximum absolute atomic E-state index is 13.6. The lowest BCUT2D eigenvalue weighted by Gasteiger charge is -2.26. The predicted octanol–water partition coefficient (Wildman–Crippen LogP) is 3.75. The molecule has 2 aromatic rings. The molecule has 1 aliphatic carbocycles. The largest absolute Gasteiger partial charge is 0.361 e. The fourth-order valence-corrected chi connectivity index (χ4v) is 3.88. The second-order valence-corrected chi connectivity index (χ2v) is 7.26. The molecule has 2 N–H and O–H groups in total. The van der Waals surface area contributed by atoms with E-state index in [2.05, 4.69) is 20.6 Å². The van der Waals surface area contributed by atoms with Gasteiger partial charge in [0.25, 0.3) is 0 Å². The molecule has 0 spiro atoms. The van der Waals surface area contributed by atoms with Crippen molar-refractivity contribution in [1.29, 1.82) is 0 Å². The summed E-state index contributed by atoms with van der Waals surface area (Å²) >= 11 is 1.69. The fraction of sp³-hybridized carbons (Fsp3) is 0.375. The van der Waals surface area contributed by atoms with Crippen LogP contribution in [0.2, 0.25) is 0 Å². The molecule has 25 heavy (non-hydrogen) atoms. The first kappa shape index (κ1) is 16.1. The molecule has 7 nitrogen and oxygen atoms in total. The molecular weight excluding hydrogens is 345 g/mol. The maximum atomic E-state index is 13.6. The summed E-state index contributed by atoms with van der Waals surface area (Å²) in [5.74, 6) is 1.15. The number of nitrogens with zero attached hydrogens (tertiary/aromatic N) is 3.